The first-order valence-electron chi connectivity index (χ1n) is 10.4. The van der Waals surface area contributed by atoms with Crippen molar-refractivity contribution >= 4 is 33.4 Å². The van der Waals surface area contributed by atoms with E-state index >= 15 is 0 Å². The number of likely N-dealkylation sites (N-methyl/N-ethyl adjacent to an activating group) is 1. The zero-order valence-corrected chi connectivity index (χ0v) is 20.0. The number of fused-ring (bicyclic) bond motifs is 1. The molecule has 1 aliphatic heterocycles. The minimum Gasteiger partial charge on any atom is -0.368 e. The maximum Gasteiger partial charge on any atom is 0.253 e. The number of nitrogens with zero attached hydrogens (tertiary/aromatic N) is 2. The Balaban J connectivity index is 2.04. The first kappa shape index (κ1) is 24.2. The van der Waals surface area contributed by atoms with Crippen LogP contribution >= 0.6 is 11.6 Å². The second-order valence-corrected chi connectivity index (χ2v) is 10.8. The zero-order chi connectivity index (χ0) is 23.6. The molecule has 2 N–H and O–H groups in total. The molecule has 0 unspecified atom stereocenters. The Morgan fingerprint density at radius 3 is 2.44 bits per heavy atom. The van der Waals surface area contributed by atoms with Gasteiger partial charge in [-0.3, -0.25) is 9.59 Å². The standard InChI is InChI=1S/C23H28ClN3O4S/c1-15(2)12-21(22(25)28)27(32(30,31)19-7-5-18(24)6-8-19)14-16-4-9-20-17(13-16)10-11-26(3)23(20)29/h4-9,13,15,21H,10-12,14H2,1-3H3,(H2,25,28)/t21-/m1/s1. The summed E-state index contributed by atoms with van der Waals surface area (Å²) in [6.07, 6.45) is 0.969. The van der Waals surface area contributed by atoms with Gasteiger partial charge in [-0.1, -0.05) is 37.6 Å². The molecule has 0 fully saturated rings. The van der Waals surface area contributed by atoms with E-state index in [0.717, 1.165) is 9.87 Å². The molecule has 0 saturated heterocycles. The minimum atomic E-state index is -4.05. The van der Waals surface area contributed by atoms with Crippen molar-refractivity contribution in [3.8, 4) is 0 Å². The lowest BCUT2D eigenvalue weighted by Crippen LogP contribution is -2.48. The highest BCUT2D eigenvalue weighted by molar-refractivity contribution is 7.89. The maximum atomic E-state index is 13.6. The van der Waals surface area contributed by atoms with Gasteiger partial charge in [0.15, 0.2) is 0 Å². The van der Waals surface area contributed by atoms with E-state index in [1.807, 2.05) is 19.9 Å². The molecule has 2 aromatic carbocycles. The quantitative estimate of drug-likeness (QED) is 0.631. The second kappa shape index (κ2) is 9.60. The molecular formula is C23H28ClN3O4S. The molecule has 0 bridgehead atoms. The molecule has 1 heterocycles. The van der Waals surface area contributed by atoms with Gasteiger partial charge < -0.3 is 10.6 Å². The molecule has 0 radical (unpaired) electrons. The zero-order valence-electron chi connectivity index (χ0n) is 18.4. The molecule has 2 aromatic rings. The van der Waals surface area contributed by atoms with Crippen molar-refractivity contribution in [2.45, 2.75) is 44.2 Å². The third-order valence-corrected chi connectivity index (χ3v) is 7.71. The first-order chi connectivity index (χ1) is 15.0. The predicted octanol–water partition coefficient (Wildman–Crippen LogP) is 3.06. The van der Waals surface area contributed by atoms with Gasteiger partial charge in [0.05, 0.1) is 4.90 Å². The van der Waals surface area contributed by atoms with Gasteiger partial charge in [0.2, 0.25) is 15.9 Å². The van der Waals surface area contributed by atoms with E-state index < -0.39 is 22.0 Å². The number of sulfonamides is 1. The molecule has 172 valence electrons. The van der Waals surface area contributed by atoms with Crippen molar-refractivity contribution in [1.29, 1.82) is 0 Å². The van der Waals surface area contributed by atoms with E-state index in [0.29, 0.717) is 29.1 Å². The number of hydrogen-bond donors (Lipinski definition) is 1. The average molecular weight is 478 g/mol. The van der Waals surface area contributed by atoms with Crippen LogP contribution in [0.2, 0.25) is 5.02 Å². The first-order valence-corrected chi connectivity index (χ1v) is 12.3. The van der Waals surface area contributed by atoms with Crippen LogP contribution in [-0.2, 0) is 27.8 Å². The summed E-state index contributed by atoms with van der Waals surface area (Å²) in [7, 11) is -2.30. The normalized spacial score (nSPS) is 15.2. The molecule has 7 nitrogen and oxygen atoms in total. The minimum absolute atomic E-state index is 0.0340. The van der Waals surface area contributed by atoms with Crippen LogP contribution in [0.4, 0.5) is 0 Å². The van der Waals surface area contributed by atoms with Gasteiger partial charge in [-0.2, -0.15) is 4.31 Å². The fourth-order valence-corrected chi connectivity index (χ4v) is 5.58. The van der Waals surface area contributed by atoms with E-state index in [1.54, 1.807) is 24.1 Å². The Labute approximate surface area is 194 Å². The van der Waals surface area contributed by atoms with Crippen molar-refractivity contribution in [3.05, 3.63) is 64.2 Å². The summed E-state index contributed by atoms with van der Waals surface area (Å²) in [5.41, 5.74) is 7.84. The Morgan fingerprint density at radius 1 is 1.19 bits per heavy atom. The Hall–Kier alpha value is -2.42. The van der Waals surface area contributed by atoms with Gasteiger partial charge in [-0.15, -0.1) is 0 Å². The highest BCUT2D eigenvalue weighted by Gasteiger charge is 2.35. The summed E-state index contributed by atoms with van der Waals surface area (Å²) in [4.78, 5) is 26.4. The van der Waals surface area contributed by atoms with Crippen LogP contribution in [0.15, 0.2) is 47.4 Å². The number of amides is 2. The molecule has 0 aromatic heterocycles. The molecule has 1 aliphatic rings. The molecule has 2 amide bonds. The Bertz CT molecular complexity index is 1120. The fourth-order valence-electron chi connectivity index (χ4n) is 3.86. The van der Waals surface area contributed by atoms with Gasteiger partial charge in [0.1, 0.15) is 6.04 Å². The van der Waals surface area contributed by atoms with Crippen LogP contribution in [0.1, 0.15) is 41.8 Å². The smallest absolute Gasteiger partial charge is 0.253 e. The lowest BCUT2D eigenvalue weighted by molar-refractivity contribution is -0.122. The van der Waals surface area contributed by atoms with Crippen molar-refractivity contribution < 1.29 is 18.0 Å². The maximum absolute atomic E-state index is 13.6. The van der Waals surface area contributed by atoms with E-state index in [9.17, 15) is 18.0 Å². The van der Waals surface area contributed by atoms with Crippen LogP contribution in [0.5, 0.6) is 0 Å². The molecule has 0 saturated carbocycles. The number of primary amides is 1. The van der Waals surface area contributed by atoms with E-state index in [4.69, 9.17) is 17.3 Å². The highest BCUT2D eigenvalue weighted by Crippen LogP contribution is 2.27. The van der Waals surface area contributed by atoms with Gasteiger partial charge in [-0.05, 0) is 60.2 Å². The lowest BCUT2D eigenvalue weighted by Gasteiger charge is -2.31. The summed E-state index contributed by atoms with van der Waals surface area (Å²) < 4.78 is 28.3. The van der Waals surface area contributed by atoms with Gasteiger partial charge in [0, 0.05) is 30.7 Å². The van der Waals surface area contributed by atoms with E-state index in [1.165, 1.54) is 24.3 Å². The van der Waals surface area contributed by atoms with Gasteiger partial charge in [-0.25, -0.2) is 8.42 Å². The number of rotatable bonds is 8. The number of benzene rings is 2. The van der Waals surface area contributed by atoms with Crippen LogP contribution < -0.4 is 5.73 Å². The second-order valence-electron chi connectivity index (χ2n) is 8.52. The average Bonchev–Trinajstić information content (AvgIpc) is 2.73. The molecule has 0 spiro atoms. The predicted molar refractivity (Wildman–Crippen MR) is 124 cm³/mol. The Morgan fingerprint density at radius 2 is 1.84 bits per heavy atom. The summed E-state index contributed by atoms with van der Waals surface area (Å²) in [6, 6.07) is 10.1. The third kappa shape index (κ3) is 5.14. The topological polar surface area (TPSA) is 101 Å². The monoisotopic (exact) mass is 477 g/mol. The lowest BCUT2D eigenvalue weighted by atomic mass is 9.96. The van der Waals surface area contributed by atoms with E-state index in [-0.39, 0.29) is 29.7 Å². The summed E-state index contributed by atoms with van der Waals surface area (Å²) in [5, 5.41) is 0.411. The largest absolute Gasteiger partial charge is 0.368 e. The van der Waals surface area contributed by atoms with Crippen LogP contribution in [0.3, 0.4) is 0 Å². The van der Waals surface area contributed by atoms with Crippen molar-refractivity contribution in [3.63, 3.8) is 0 Å². The van der Waals surface area contributed by atoms with Crippen molar-refractivity contribution in [2.24, 2.45) is 11.7 Å². The summed E-state index contributed by atoms with van der Waals surface area (Å²) >= 11 is 5.93. The third-order valence-electron chi connectivity index (χ3n) is 5.59. The van der Waals surface area contributed by atoms with Crippen LogP contribution in [-0.4, -0.2) is 49.1 Å². The number of halogens is 1. The molecule has 1 atom stereocenters. The molecular weight excluding hydrogens is 450 g/mol. The summed E-state index contributed by atoms with van der Waals surface area (Å²) in [6.45, 7) is 4.37. The van der Waals surface area contributed by atoms with Crippen molar-refractivity contribution in [1.82, 2.24) is 9.21 Å². The van der Waals surface area contributed by atoms with Crippen LogP contribution in [0.25, 0.3) is 0 Å². The van der Waals surface area contributed by atoms with E-state index in [2.05, 4.69) is 0 Å². The number of hydrogen-bond acceptors (Lipinski definition) is 4. The molecule has 0 aliphatic carbocycles. The fraction of sp³-hybridized carbons (Fsp3) is 0.391. The summed E-state index contributed by atoms with van der Waals surface area (Å²) in [5.74, 6) is -0.712. The van der Waals surface area contributed by atoms with Gasteiger partial charge >= 0.3 is 0 Å². The Kier molecular flexibility index (Phi) is 7.27. The number of carbonyl (C=O) groups is 2. The molecule has 3 rings (SSSR count). The number of carbonyl (C=O) groups excluding carboxylic acids is 2. The molecule has 9 heteroatoms. The highest BCUT2D eigenvalue weighted by atomic mass is 35.5. The van der Waals surface area contributed by atoms with Crippen LogP contribution in [0, 0.1) is 5.92 Å². The number of nitrogens with two attached hydrogens (primary N) is 1. The molecule has 32 heavy (non-hydrogen) atoms. The van der Waals surface area contributed by atoms with Crippen molar-refractivity contribution in [2.75, 3.05) is 13.6 Å². The SMILES string of the molecule is CC(C)C[C@H](C(N)=O)N(Cc1ccc2c(c1)CCN(C)C2=O)S(=O)(=O)c1ccc(Cl)cc1. The van der Waals surface area contributed by atoms with Gasteiger partial charge in [0.25, 0.3) is 5.91 Å².